The normalized spacial score (nSPS) is 24.0. The molecule has 2 heterocycles. The van der Waals surface area contributed by atoms with Gasteiger partial charge in [0.2, 0.25) is 5.79 Å². The molecule has 0 amide bonds. The van der Waals surface area contributed by atoms with Crippen LogP contribution in [-0.2, 0) is 59.6 Å². The monoisotopic (exact) mass is 666 g/mol. The van der Waals surface area contributed by atoms with Gasteiger partial charge < -0.3 is 28.4 Å². The Labute approximate surface area is 287 Å². The highest BCUT2D eigenvalue weighted by Crippen LogP contribution is 2.45. The fourth-order valence-corrected chi connectivity index (χ4v) is 7.16. The molecule has 0 bridgehead atoms. The molecule has 0 radical (unpaired) electrons. The summed E-state index contributed by atoms with van der Waals surface area (Å²) >= 11 is 1.42. The van der Waals surface area contributed by atoms with Gasteiger partial charge in [0, 0.05) is 0 Å². The number of hydrogen-bond donors (Lipinski definition) is 0. The van der Waals surface area contributed by atoms with E-state index in [1.807, 2.05) is 121 Å². The molecule has 4 aromatic carbocycles. The van der Waals surface area contributed by atoms with Crippen molar-refractivity contribution in [1.82, 2.24) is 0 Å². The summed E-state index contributed by atoms with van der Waals surface area (Å²) in [4.78, 5) is 13.1. The zero-order chi connectivity index (χ0) is 33.2. The molecule has 0 unspecified atom stereocenters. The van der Waals surface area contributed by atoms with Crippen molar-refractivity contribution in [2.24, 2.45) is 0 Å². The molecule has 1 fully saturated rings. The van der Waals surface area contributed by atoms with Gasteiger partial charge in [-0.25, -0.2) is 0 Å². The molecule has 5 atom stereocenters. The molecule has 2 aliphatic rings. The molecule has 0 aromatic heterocycles. The highest BCUT2D eigenvalue weighted by molar-refractivity contribution is 8.04. The summed E-state index contributed by atoms with van der Waals surface area (Å²) in [5.74, 6) is -0.503. The highest BCUT2D eigenvalue weighted by atomic mass is 32.2. The minimum absolute atomic E-state index is 0.0476. The molecule has 250 valence electrons. The van der Waals surface area contributed by atoms with Gasteiger partial charge in [-0.3, -0.25) is 4.79 Å². The van der Waals surface area contributed by atoms with Crippen LogP contribution in [-0.4, -0.2) is 48.3 Å². The van der Waals surface area contributed by atoms with E-state index in [4.69, 9.17) is 28.4 Å². The summed E-state index contributed by atoms with van der Waals surface area (Å²) in [7, 11) is 0. The SMILES string of the molecule is CC(=O)C1=C(C)O[C@@]2(CS1)O[C@H](COCc1ccccc1)[C@@H](OCc1ccccc1)[C@H](OCc1ccccc1)[C@H]2OCc1ccccc1. The van der Waals surface area contributed by atoms with Gasteiger partial charge in [-0.05, 0) is 36.1 Å². The van der Waals surface area contributed by atoms with Crippen LogP contribution in [0.1, 0.15) is 36.1 Å². The molecule has 0 N–H and O–H groups in total. The molecule has 1 spiro atoms. The van der Waals surface area contributed by atoms with E-state index >= 15 is 0 Å². The van der Waals surface area contributed by atoms with Crippen LogP contribution in [0.3, 0.4) is 0 Å². The van der Waals surface area contributed by atoms with Crippen molar-refractivity contribution in [3.05, 3.63) is 154 Å². The first kappa shape index (κ1) is 34.1. The average molecular weight is 667 g/mol. The van der Waals surface area contributed by atoms with Crippen molar-refractivity contribution in [2.45, 2.75) is 70.5 Å². The Morgan fingerprint density at radius 3 is 1.62 bits per heavy atom. The second-order valence-corrected chi connectivity index (χ2v) is 13.0. The first-order chi connectivity index (χ1) is 23.5. The van der Waals surface area contributed by atoms with Crippen molar-refractivity contribution >= 4 is 17.5 Å². The van der Waals surface area contributed by atoms with Gasteiger partial charge in [-0.1, -0.05) is 121 Å². The fourth-order valence-electron chi connectivity index (χ4n) is 6.08. The van der Waals surface area contributed by atoms with Crippen molar-refractivity contribution < 1.29 is 33.2 Å². The van der Waals surface area contributed by atoms with Gasteiger partial charge in [0.25, 0.3) is 0 Å². The minimum atomic E-state index is -1.28. The molecule has 0 aliphatic carbocycles. The van der Waals surface area contributed by atoms with E-state index in [-0.39, 0.29) is 12.4 Å². The van der Waals surface area contributed by atoms with E-state index in [1.54, 1.807) is 13.8 Å². The van der Waals surface area contributed by atoms with E-state index in [0.29, 0.717) is 42.8 Å². The molecule has 0 saturated carbocycles. The molecule has 7 nitrogen and oxygen atoms in total. The average Bonchev–Trinajstić information content (AvgIpc) is 3.11. The van der Waals surface area contributed by atoms with E-state index < -0.39 is 30.2 Å². The van der Waals surface area contributed by atoms with E-state index in [0.717, 1.165) is 22.3 Å². The maximum atomic E-state index is 12.5. The Morgan fingerprint density at radius 2 is 1.15 bits per heavy atom. The third-order valence-corrected chi connectivity index (χ3v) is 9.80. The summed E-state index contributed by atoms with van der Waals surface area (Å²) in [5, 5.41) is 0. The number of carbonyl (C=O) groups is 1. The van der Waals surface area contributed by atoms with Gasteiger partial charge in [0.05, 0.1) is 43.7 Å². The maximum Gasteiger partial charge on any atom is 0.249 e. The van der Waals surface area contributed by atoms with Crippen molar-refractivity contribution in [3.8, 4) is 0 Å². The Morgan fingerprint density at radius 1 is 0.688 bits per heavy atom. The predicted molar refractivity (Wildman–Crippen MR) is 186 cm³/mol. The van der Waals surface area contributed by atoms with E-state index in [9.17, 15) is 4.79 Å². The van der Waals surface area contributed by atoms with E-state index in [1.165, 1.54) is 11.8 Å². The van der Waals surface area contributed by atoms with Crippen LogP contribution >= 0.6 is 11.8 Å². The Hall–Kier alpha value is -3.76. The second kappa shape index (κ2) is 16.6. The van der Waals surface area contributed by atoms with Gasteiger partial charge in [-0.15, -0.1) is 11.8 Å². The third-order valence-electron chi connectivity index (χ3n) is 8.39. The number of carbonyl (C=O) groups excluding carboxylic acids is 1. The number of benzene rings is 4. The molecular weight excluding hydrogens is 625 g/mol. The van der Waals surface area contributed by atoms with Gasteiger partial charge in [0.15, 0.2) is 11.9 Å². The van der Waals surface area contributed by atoms with Crippen molar-refractivity contribution in [3.63, 3.8) is 0 Å². The van der Waals surface area contributed by atoms with Crippen LogP contribution in [0.25, 0.3) is 0 Å². The van der Waals surface area contributed by atoms with Crippen LogP contribution in [0.15, 0.2) is 132 Å². The lowest BCUT2D eigenvalue weighted by molar-refractivity contribution is -0.366. The van der Waals surface area contributed by atoms with Crippen molar-refractivity contribution in [2.75, 3.05) is 12.4 Å². The lowest BCUT2D eigenvalue weighted by atomic mass is 9.92. The second-order valence-electron chi connectivity index (χ2n) is 12.0. The Kier molecular flexibility index (Phi) is 11.8. The number of rotatable bonds is 14. The van der Waals surface area contributed by atoms with Crippen LogP contribution in [0.4, 0.5) is 0 Å². The summed E-state index contributed by atoms with van der Waals surface area (Å²) in [6.45, 7) is 4.97. The first-order valence-corrected chi connectivity index (χ1v) is 17.3. The Bertz CT molecular complexity index is 1620. The molecule has 48 heavy (non-hydrogen) atoms. The number of allylic oxidation sites excluding steroid dienone is 2. The largest absolute Gasteiger partial charge is 0.462 e. The van der Waals surface area contributed by atoms with Gasteiger partial charge in [-0.2, -0.15) is 0 Å². The van der Waals surface area contributed by atoms with Crippen LogP contribution in [0.5, 0.6) is 0 Å². The van der Waals surface area contributed by atoms with Crippen LogP contribution in [0.2, 0.25) is 0 Å². The quantitative estimate of drug-likeness (QED) is 0.136. The molecule has 6 rings (SSSR count). The molecule has 8 heteroatoms. The summed E-state index contributed by atoms with van der Waals surface area (Å²) < 4.78 is 40.4. The number of ether oxygens (including phenoxy) is 6. The molecule has 1 saturated heterocycles. The third kappa shape index (κ3) is 8.63. The summed E-state index contributed by atoms with van der Waals surface area (Å²) in [6.07, 6.45) is -2.50. The lowest BCUT2D eigenvalue weighted by Gasteiger charge is -2.53. The lowest BCUT2D eigenvalue weighted by Crippen LogP contribution is -2.69. The number of thioether (sulfide) groups is 1. The van der Waals surface area contributed by atoms with Gasteiger partial charge >= 0.3 is 0 Å². The molecular formula is C40H42O7S. The van der Waals surface area contributed by atoms with Crippen molar-refractivity contribution in [1.29, 1.82) is 0 Å². The number of hydrogen-bond acceptors (Lipinski definition) is 8. The van der Waals surface area contributed by atoms with Gasteiger partial charge in [0.1, 0.15) is 24.1 Å². The minimum Gasteiger partial charge on any atom is -0.462 e. The van der Waals surface area contributed by atoms with Crippen LogP contribution in [0, 0.1) is 0 Å². The topological polar surface area (TPSA) is 72.5 Å². The molecule has 4 aromatic rings. The first-order valence-electron chi connectivity index (χ1n) is 16.3. The predicted octanol–water partition coefficient (Wildman–Crippen LogP) is 7.64. The van der Waals surface area contributed by atoms with Crippen LogP contribution < -0.4 is 0 Å². The fraction of sp³-hybridized carbons (Fsp3) is 0.325. The Balaban J connectivity index is 1.37. The molecule has 2 aliphatic heterocycles. The summed E-state index contributed by atoms with van der Waals surface area (Å²) in [5.41, 5.74) is 4.11. The number of Topliss-reactive ketones (excluding diaryl/α,β-unsaturated/α-hetero) is 1. The zero-order valence-corrected chi connectivity index (χ0v) is 28.2. The maximum absolute atomic E-state index is 12.5. The van der Waals surface area contributed by atoms with E-state index in [2.05, 4.69) is 0 Å². The number of ketones is 1. The smallest absolute Gasteiger partial charge is 0.249 e. The standard InChI is InChI=1S/C40H42O7S/c1-29(41)38-30(2)46-40(28-48-38)39(45-26-34-21-13-6-14-22-34)37(44-25-33-19-11-5-12-20-33)36(43-24-32-17-9-4-10-18-32)35(47-40)27-42-23-31-15-7-3-8-16-31/h3-22,35-37,39H,23-28H2,1-2H3/t35-,36-,37+,39-,40+/m1/s1. The summed E-state index contributed by atoms with van der Waals surface area (Å²) in [6, 6.07) is 40.1. The highest BCUT2D eigenvalue weighted by Gasteiger charge is 2.60. The zero-order valence-electron chi connectivity index (χ0n) is 27.4.